The summed E-state index contributed by atoms with van der Waals surface area (Å²) in [6.45, 7) is 3.51. The molecule has 4 nitrogen and oxygen atoms in total. The fourth-order valence-corrected chi connectivity index (χ4v) is 6.22. The third-order valence-corrected chi connectivity index (χ3v) is 8.48. The van der Waals surface area contributed by atoms with E-state index in [9.17, 15) is 22.4 Å². The molecule has 224 valence electrons. The molecule has 0 spiro atoms. The van der Waals surface area contributed by atoms with Gasteiger partial charge in [0.25, 0.3) is 11.8 Å². The number of nitrogens with zero attached hydrogens (tertiary/aromatic N) is 1. The Morgan fingerprint density at radius 2 is 1.73 bits per heavy atom. The van der Waals surface area contributed by atoms with Gasteiger partial charge in [-0.15, -0.1) is 0 Å². The molecule has 1 amide bonds. The van der Waals surface area contributed by atoms with Crippen LogP contribution in [-0.4, -0.2) is 60.0 Å². The van der Waals surface area contributed by atoms with Gasteiger partial charge in [-0.25, -0.2) is 26.3 Å². The average molecular weight is 583 g/mol. The van der Waals surface area contributed by atoms with E-state index in [0.29, 0.717) is 23.2 Å². The Labute approximate surface area is 236 Å². The van der Waals surface area contributed by atoms with Gasteiger partial charge in [-0.05, 0) is 86.3 Å². The minimum Gasteiger partial charge on any atom is -0.366 e. The number of likely N-dealkylation sites (tertiary alicyclic amines) is 1. The zero-order chi connectivity index (χ0) is 29.5. The zero-order valence-electron chi connectivity index (χ0n) is 23.2. The Hall–Kier alpha value is -2.59. The Bertz CT molecular complexity index is 1240. The molecule has 2 saturated carbocycles. The molecule has 1 heterocycles. The molecule has 1 N–H and O–H groups in total. The molecule has 1 aliphatic heterocycles. The van der Waals surface area contributed by atoms with Crippen LogP contribution in [0.1, 0.15) is 69.4 Å². The summed E-state index contributed by atoms with van der Waals surface area (Å²) in [5.74, 6) is -8.58. The van der Waals surface area contributed by atoms with Gasteiger partial charge in [-0.3, -0.25) is 9.69 Å². The van der Waals surface area contributed by atoms with Crippen LogP contribution in [0.2, 0.25) is 0 Å². The summed E-state index contributed by atoms with van der Waals surface area (Å²) >= 11 is 0. The van der Waals surface area contributed by atoms with Crippen molar-refractivity contribution in [3.63, 3.8) is 0 Å². The number of rotatable bonds is 8. The van der Waals surface area contributed by atoms with E-state index in [-0.39, 0.29) is 37.6 Å². The first-order valence-electron chi connectivity index (χ1n) is 14.4. The standard InChI is InChI=1S/C31H36F6N2O2/c1-18(2)39-12-10-26(31(36,37)17-39)41-25-7-4-11-30(34,35)29(25)38-27(40)15-20-5-3-6-24(28(20)19-8-9-19)21-13-22(32)16-23(33)14-21/h3,5-6,13-14,16,18-19,25-26,29H,4,7-12,15,17H2,1-2H3,(H,38,40)/t25-,26?,29+/m0/s1. The van der Waals surface area contributed by atoms with Crippen LogP contribution < -0.4 is 5.32 Å². The topological polar surface area (TPSA) is 41.6 Å². The third-order valence-electron chi connectivity index (χ3n) is 8.48. The fraction of sp³-hybridized carbons (Fsp3) is 0.581. The lowest BCUT2D eigenvalue weighted by Crippen LogP contribution is -2.61. The maximum absolute atomic E-state index is 15.1. The molecule has 1 saturated heterocycles. The molecular formula is C31H36F6N2O2. The second-order valence-electron chi connectivity index (χ2n) is 12.0. The normalized spacial score (nSPS) is 26.2. The minimum atomic E-state index is -3.33. The maximum atomic E-state index is 15.1. The molecule has 0 bridgehead atoms. The predicted molar refractivity (Wildman–Crippen MR) is 143 cm³/mol. The van der Waals surface area contributed by atoms with Crippen molar-refractivity contribution in [1.29, 1.82) is 0 Å². The highest BCUT2D eigenvalue weighted by Gasteiger charge is 2.53. The summed E-state index contributed by atoms with van der Waals surface area (Å²) in [5.41, 5.74) is 2.28. The summed E-state index contributed by atoms with van der Waals surface area (Å²) < 4.78 is 93.9. The van der Waals surface area contributed by atoms with Gasteiger partial charge in [0.1, 0.15) is 23.8 Å². The van der Waals surface area contributed by atoms with Crippen molar-refractivity contribution in [3.8, 4) is 11.1 Å². The first-order chi connectivity index (χ1) is 19.3. The number of alkyl halides is 4. The van der Waals surface area contributed by atoms with Crippen molar-refractivity contribution >= 4 is 5.91 Å². The zero-order valence-corrected chi connectivity index (χ0v) is 23.2. The van der Waals surface area contributed by atoms with Gasteiger partial charge in [0, 0.05) is 25.1 Å². The van der Waals surface area contributed by atoms with Crippen molar-refractivity contribution in [2.24, 2.45) is 0 Å². The highest BCUT2D eigenvalue weighted by atomic mass is 19.3. The number of carbonyl (C=O) groups is 1. The van der Waals surface area contributed by atoms with E-state index < -0.39 is 60.6 Å². The lowest BCUT2D eigenvalue weighted by molar-refractivity contribution is -0.218. The van der Waals surface area contributed by atoms with Gasteiger partial charge >= 0.3 is 0 Å². The average Bonchev–Trinajstić information content (AvgIpc) is 3.71. The summed E-state index contributed by atoms with van der Waals surface area (Å²) in [6.07, 6.45) is -1.57. The summed E-state index contributed by atoms with van der Waals surface area (Å²) in [6, 6.07) is 6.51. The van der Waals surface area contributed by atoms with Gasteiger partial charge in [0.05, 0.1) is 19.1 Å². The predicted octanol–water partition coefficient (Wildman–Crippen LogP) is 6.86. The van der Waals surface area contributed by atoms with E-state index in [1.54, 1.807) is 23.1 Å². The maximum Gasteiger partial charge on any atom is 0.286 e. The number of piperidine rings is 1. The summed E-state index contributed by atoms with van der Waals surface area (Å²) in [4.78, 5) is 14.9. The molecule has 10 heteroatoms. The number of hydrogen-bond donors (Lipinski definition) is 1. The van der Waals surface area contributed by atoms with Crippen molar-refractivity contribution in [3.05, 3.63) is 59.2 Å². The van der Waals surface area contributed by atoms with Crippen molar-refractivity contribution in [2.45, 2.75) is 101 Å². The van der Waals surface area contributed by atoms with E-state index in [1.165, 1.54) is 12.1 Å². The SMILES string of the molecule is CC(C)N1CCC(O[C@H]2CCCC(F)(F)[C@@H]2NC(=O)Cc2cccc(-c3cc(F)cc(F)c3)c2C2CC2)C(F)(F)C1. The van der Waals surface area contributed by atoms with Crippen LogP contribution in [0.5, 0.6) is 0 Å². The summed E-state index contributed by atoms with van der Waals surface area (Å²) in [5, 5.41) is 2.43. The van der Waals surface area contributed by atoms with Gasteiger partial charge in [-0.1, -0.05) is 18.2 Å². The number of carbonyl (C=O) groups excluding carboxylic acids is 1. The molecule has 3 atom stereocenters. The molecule has 2 aromatic rings. The number of hydrogen-bond acceptors (Lipinski definition) is 3. The number of nitrogens with one attached hydrogen (secondary N) is 1. The highest BCUT2D eigenvalue weighted by molar-refractivity contribution is 5.81. The first kappa shape index (κ1) is 29.9. The molecule has 1 unspecified atom stereocenters. The largest absolute Gasteiger partial charge is 0.366 e. The number of amides is 1. The molecule has 3 fully saturated rings. The van der Waals surface area contributed by atoms with E-state index in [1.807, 2.05) is 13.8 Å². The molecular weight excluding hydrogens is 546 g/mol. The lowest BCUT2D eigenvalue weighted by Gasteiger charge is -2.44. The van der Waals surface area contributed by atoms with Crippen LogP contribution in [0, 0.1) is 11.6 Å². The monoisotopic (exact) mass is 582 g/mol. The van der Waals surface area contributed by atoms with E-state index >= 15 is 8.78 Å². The highest BCUT2D eigenvalue weighted by Crippen LogP contribution is 2.46. The van der Waals surface area contributed by atoms with Crippen LogP contribution in [0.3, 0.4) is 0 Å². The Morgan fingerprint density at radius 3 is 2.37 bits per heavy atom. The van der Waals surface area contributed by atoms with E-state index in [4.69, 9.17) is 4.74 Å². The molecule has 2 aromatic carbocycles. The Balaban J connectivity index is 1.34. The molecule has 2 aliphatic carbocycles. The van der Waals surface area contributed by atoms with E-state index in [0.717, 1.165) is 24.5 Å². The van der Waals surface area contributed by atoms with Crippen molar-refractivity contribution < 1.29 is 35.9 Å². The first-order valence-corrected chi connectivity index (χ1v) is 14.4. The van der Waals surface area contributed by atoms with Gasteiger partial charge in [-0.2, -0.15) is 0 Å². The lowest BCUT2D eigenvalue weighted by atomic mass is 9.87. The quantitative estimate of drug-likeness (QED) is 0.346. The number of ether oxygens (including phenoxy) is 1. The second-order valence-corrected chi connectivity index (χ2v) is 12.0. The van der Waals surface area contributed by atoms with Crippen molar-refractivity contribution in [1.82, 2.24) is 10.2 Å². The van der Waals surface area contributed by atoms with Crippen LogP contribution in [0.4, 0.5) is 26.3 Å². The second kappa shape index (κ2) is 11.6. The molecule has 3 aliphatic rings. The third kappa shape index (κ3) is 6.74. The minimum absolute atomic E-state index is 0.00608. The summed E-state index contributed by atoms with van der Waals surface area (Å²) in [7, 11) is 0. The van der Waals surface area contributed by atoms with Crippen LogP contribution in [-0.2, 0) is 16.0 Å². The molecule has 0 radical (unpaired) electrons. The molecule has 41 heavy (non-hydrogen) atoms. The Kier molecular flexibility index (Phi) is 8.45. The van der Waals surface area contributed by atoms with Crippen LogP contribution in [0.15, 0.2) is 36.4 Å². The number of halogens is 6. The van der Waals surface area contributed by atoms with Gasteiger partial charge < -0.3 is 10.1 Å². The van der Waals surface area contributed by atoms with Crippen LogP contribution >= 0.6 is 0 Å². The molecule has 0 aromatic heterocycles. The molecule has 5 rings (SSSR count). The van der Waals surface area contributed by atoms with E-state index in [2.05, 4.69) is 5.32 Å². The van der Waals surface area contributed by atoms with Gasteiger partial charge in [0.15, 0.2) is 0 Å². The fourth-order valence-electron chi connectivity index (χ4n) is 6.22. The Morgan fingerprint density at radius 1 is 1.02 bits per heavy atom. The number of benzene rings is 2. The van der Waals surface area contributed by atoms with Crippen molar-refractivity contribution in [2.75, 3.05) is 13.1 Å². The smallest absolute Gasteiger partial charge is 0.286 e. The van der Waals surface area contributed by atoms with Crippen LogP contribution in [0.25, 0.3) is 11.1 Å². The van der Waals surface area contributed by atoms with Gasteiger partial charge in [0.2, 0.25) is 5.91 Å².